The number of fused-ring (bicyclic) bond motifs is 2. The molecule has 7 atom stereocenters. The highest BCUT2D eigenvalue weighted by Gasteiger charge is 2.57. The first-order chi connectivity index (χ1) is 31.0. The van der Waals surface area contributed by atoms with Crippen LogP contribution in [0.4, 0.5) is 0 Å². The van der Waals surface area contributed by atoms with E-state index in [-0.39, 0.29) is 83.3 Å². The second-order valence-corrected chi connectivity index (χ2v) is 16.3. The molecule has 0 saturated carbocycles. The number of ether oxygens (including phenoxy) is 3. The number of nitrogens with zero attached hydrogens (tertiary/aromatic N) is 2. The second kappa shape index (κ2) is 18.9. The number of ketones is 2. The molecule has 1 fully saturated rings. The van der Waals surface area contributed by atoms with E-state index in [1.54, 1.807) is 37.4 Å². The van der Waals surface area contributed by atoms with Crippen molar-refractivity contribution in [1.82, 2.24) is 20.9 Å². The van der Waals surface area contributed by atoms with E-state index in [1.165, 1.54) is 20.2 Å². The minimum absolute atomic E-state index is 0.0585. The summed E-state index contributed by atoms with van der Waals surface area (Å²) >= 11 is 0. The van der Waals surface area contributed by atoms with Crippen molar-refractivity contribution in [2.24, 2.45) is 28.1 Å². The number of allylic oxidation sites excluding steroid dienone is 3. The lowest BCUT2D eigenvalue weighted by molar-refractivity contribution is -0.316. The van der Waals surface area contributed by atoms with Crippen molar-refractivity contribution in [1.29, 1.82) is 0 Å². The number of phenolic OH excluding ortho intramolecular Hbond substituents is 1. The fraction of sp³-hybridized carbons (Fsp3) is 0.400. The highest BCUT2D eigenvalue weighted by Crippen LogP contribution is 2.46. The summed E-state index contributed by atoms with van der Waals surface area (Å²) in [5.41, 5.74) is 17.3. The van der Waals surface area contributed by atoms with E-state index in [0.717, 1.165) is 22.6 Å². The van der Waals surface area contributed by atoms with Gasteiger partial charge in [0.05, 0.1) is 36.8 Å². The van der Waals surface area contributed by atoms with E-state index in [2.05, 4.69) is 20.9 Å². The van der Waals surface area contributed by atoms with Gasteiger partial charge in [0.1, 0.15) is 41.2 Å². The molecule has 65 heavy (non-hydrogen) atoms. The fourth-order valence-electron chi connectivity index (χ4n) is 8.90. The van der Waals surface area contributed by atoms with Gasteiger partial charge in [-0.3, -0.25) is 29.1 Å². The van der Waals surface area contributed by atoms with Crippen LogP contribution in [0.1, 0.15) is 68.3 Å². The maximum Gasteiger partial charge on any atom is 0.253 e. The summed E-state index contributed by atoms with van der Waals surface area (Å²) in [7, 11) is 2.83. The molecule has 0 aromatic heterocycles. The summed E-state index contributed by atoms with van der Waals surface area (Å²) in [6.07, 6.45) is 3.40. The van der Waals surface area contributed by atoms with E-state index in [9.17, 15) is 44.7 Å². The summed E-state index contributed by atoms with van der Waals surface area (Å²) in [5.74, 6) is -3.88. The van der Waals surface area contributed by atoms with Crippen molar-refractivity contribution < 1.29 is 58.9 Å². The third-order valence-electron chi connectivity index (χ3n) is 12.4. The van der Waals surface area contributed by atoms with Gasteiger partial charge in [-0.25, -0.2) is 0 Å². The number of aromatic hydroxyl groups is 1. The molecule has 5 aliphatic rings. The Morgan fingerprint density at radius 2 is 1.80 bits per heavy atom. The number of nitrogens with two attached hydrogens (primary N) is 3. The van der Waals surface area contributed by atoms with Crippen LogP contribution in [0.15, 0.2) is 76.7 Å². The van der Waals surface area contributed by atoms with Gasteiger partial charge in [0.2, 0.25) is 12.1 Å². The molecule has 20 heteroatoms. The molecule has 14 N–H and O–H groups in total. The number of hydrogen-bond donors (Lipinski definition) is 11. The number of aliphatic imine (C=N–C) groups is 1. The van der Waals surface area contributed by atoms with Crippen LogP contribution in [0.3, 0.4) is 0 Å². The number of imide groups is 1. The van der Waals surface area contributed by atoms with Crippen LogP contribution in [0.25, 0.3) is 0 Å². The lowest BCUT2D eigenvalue weighted by Crippen LogP contribution is -2.68. The number of aliphatic hydroxyl groups is 4. The van der Waals surface area contributed by atoms with E-state index < -0.39 is 78.3 Å². The molecule has 2 aromatic rings. The maximum atomic E-state index is 14.9. The number of carbonyl (C=O) groups is 4. The van der Waals surface area contributed by atoms with Gasteiger partial charge in [-0.1, -0.05) is 19.1 Å². The highest BCUT2D eigenvalue weighted by molar-refractivity contribution is 6.31. The average Bonchev–Trinajstić information content (AvgIpc) is 3.61. The number of nitrogens with one attached hydrogen (secondary N) is 3. The number of phenols is 1. The standard InChI is InChI=1S/C45H54N8O12/c1-4-25-28(63-3)15-29(37-35(25)38(57)26-13-23(7-5-21-6-8-31(46)51-17-21)27(18-52-44(48)49-2)39(58)36(26)40(37)59)64-43-41(60)42(61)45(62,30(20-54)65-43)16-24(22-11-12-50-32(47)14-22)19-53-33(55)9-10-34(53)56/h6,8-11,13-15,17,24,30-31,41-43,50-51,54,58,60-62H,4-5,7,12,16,18-20,46-47H2,1-3H3,(H3,48,49,52)/t24-,30-,31?,41-,42-,43-,45-/m1/s1. The number of guanidine groups is 1. The third-order valence-corrected chi connectivity index (χ3v) is 12.4. The Hall–Kier alpha value is -6.55. The minimum atomic E-state index is -2.44. The van der Waals surface area contributed by atoms with E-state index >= 15 is 0 Å². The zero-order valence-corrected chi connectivity index (χ0v) is 36.0. The zero-order valence-electron chi connectivity index (χ0n) is 36.0. The number of aliphatic hydroxyl groups excluding tert-OH is 3. The fourth-order valence-corrected chi connectivity index (χ4v) is 8.90. The molecule has 4 heterocycles. The van der Waals surface area contributed by atoms with E-state index in [4.69, 9.17) is 31.4 Å². The van der Waals surface area contributed by atoms with Crippen LogP contribution in [0, 0.1) is 5.92 Å². The Labute approximate surface area is 373 Å². The van der Waals surface area contributed by atoms with Crippen LogP contribution in [-0.4, -0.2) is 130 Å². The number of dihydropyridines is 2. The number of carbonyl (C=O) groups excluding carboxylic acids is 4. The molecule has 4 aliphatic heterocycles. The summed E-state index contributed by atoms with van der Waals surface area (Å²) in [6.45, 7) is 0.780. The summed E-state index contributed by atoms with van der Waals surface area (Å²) in [5, 5.41) is 67.2. The van der Waals surface area contributed by atoms with Crippen LogP contribution in [-0.2, 0) is 33.7 Å². The number of methoxy groups -OCH3 is 1. The molecule has 20 nitrogen and oxygen atoms in total. The van der Waals surface area contributed by atoms with Gasteiger partial charge in [0, 0.05) is 79.3 Å². The molecule has 0 spiro atoms. The second-order valence-electron chi connectivity index (χ2n) is 16.3. The molecule has 0 bridgehead atoms. The maximum absolute atomic E-state index is 14.9. The smallest absolute Gasteiger partial charge is 0.253 e. The van der Waals surface area contributed by atoms with Crippen LogP contribution in [0.2, 0.25) is 0 Å². The highest BCUT2D eigenvalue weighted by atomic mass is 16.7. The van der Waals surface area contributed by atoms with Crippen LogP contribution in [0.5, 0.6) is 17.2 Å². The molecule has 1 unspecified atom stereocenters. The number of hydrogen-bond acceptors (Lipinski definition) is 17. The zero-order chi connectivity index (χ0) is 46.9. The first-order valence-corrected chi connectivity index (χ1v) is 21.1. The van der Waals surface area contributed by atoms with Crippen molar-refractivity contribution in [3.8, 4) is 17.2 Å². The van der Waals surface area contributed by atoms with E-state index in [0.29, 0.717) is 29.5 Å². The predicted molar refractivity (Wildman–Crippen MR) is 234 cm³/mol. The average molecular weight is 899 g/mol. The molecule has 0 radical (unpaired) electrons. The summed E-state index contributed by atoms with van der Waals surface area (Å²) in [6, 6.07) is 2.89. The van der Waals surface area contributed by atoms with Gasteiger partial charge < -0.3 is 72.9 Å². The van der Waals surface area contributed by atoms with Gasteiger partial charge in [-0.15, -0.1) is 0 Å². The predicted octanol–water partition coefficient (Wildman–Crippen LogP) is -1.16. The number of rotatable bonds is 15. The molecule has 2 amide bonds. The van der Waals surface area contributed by atoms with Gasteiger partial charge in [0.25, 0.3) is 11.8 Å². The van der Waals surface area contributed by atoms with Crippen LogP contribution < -0.4 is 42.6 Å². The van der Waals surface area contributed by atoms with Crippen molar-refractivity contribution >= 4 is 29.3 Å². The normalized spacial score (nSPS) is 25.5. The molecule has 1 aliphatic carbocycles. The first kappa shape index (κ1) is 46.4. The summed E-state index contributed by atoms with van der Waals surface area (Å²) in [4.78, 5) is 59.8. The van der Waals surface area contributed by atoms with Crippen molar-refractivity contribution in [3.05, 3.63) is 111 Å². The lowest BCUT2D eigenvalue weighted by atomic mass is 9.75. The lowest BCUT2D eigenvalue weighted by Gasteiger charge is -2.49. The van der Waals surface area contributed by atoms with Crippen molar-refractivity contribution in [2.75, 3.05) is 33.9 Å². The van der Waals surface area contributed by atoms with Gasteiger partial charge in [0.15, 0.2) is 11.7 Å². The molecule has 346 valence electrons. The van der Waals surface area contributed by atoms with Crippen molar-refractivity contribution in [3.63, 3.8) is 0 Å². The Balaban J connectivity index is 1.24. The molecule has 7 rings (SSSR count). The Morgan fingerprint density at radius 1 is 1.06 bits per heavy atom. The topological polar surface area (TPSA) is 327 Å². The number of aryl methyl sites for hydroxylation is 1. The van der Waals surface area contributed by atoms with Crippen LogP contribution >= 0.6 is 0 Å². The molecular formula is C45H54N8O12. The van der Waals surface area contributed by atoms with E-state index in [1.807, 2.05) is 6.08 Å². The largest absolute Gasteiger partial charge is 0.507 e. The first-order valence-electron chi connectivity index (χ1n) is 21.1. The Kier molecular flexibility index (Phi) is 13.5. The van der Waals surface area contributed by atoms with Gasteiger partial charge in [-0.2, -0.15) is 0 Å². The number of amides is 2. The number of benzene rings is 2. The van der Waals surface area contributed by atoms with Gasteiger partial charge in [-0.05, 0) is 60.6 Å². The Morgan fingerprint density at radius 3 is 2.43 bits per heavy atom. The van der Waals surface area contributed by atoms with Crippen molar-refractivity contribution in [2.45, 2.75) is 75.5 Å². The van der Waals surface area contributed by atoms with Gasteiger partial charge >= 0.3 is 0 Å². The molecule has 2 aromatic carbocycles. The summed E-state index contributed by atoms with van der Waals surface area (Å²) < 4.78 is 17.9. The molecular weight excluding hydrogens is 845 g/mol. The minimum Gasteiger partial charge on any atom is -0.507 e. The molecule has 1 saturated heterocycles. The monoisotopic (exact) mass is 898 g/mol. The third kappa shape index (κ3) is 8.83. The Bertz CT molecular complexity index is 2460. The SMILES string of the molecule is CCc1c(OC)cc(O[C@@H]2O[C@H](CO)[C@](O)(C[C@H](CN3C(=O)C=CC3=O)C3=CCNC(N)=C3)[C@H](O)[C@H]2O)c2c1C(=O)c1cc(CCC3=CNC(N)C=C3)c(CNC(N)=NC)c(O)c1C2=O. The quantitative estimate of drug-likeness (QED) is 0.0487.